The number of hydrogen-bond donors (Lipinski definition) is 2. The van der Waals surface area contributed by atoms with Gasteiger partial charge in [0.1, 0.15) is 0 Å². The predicted octanol–water partition coefficient (Wildman–Crippen LogP) is 3.86. The summed E-state index contributed by atoms with van der Waals surface area (Å²) in [5, 5.41) is 4.35. The Bertz CT molecular complexity index is 516. The van der Waals surface area contributed by atoms with E-state index in [1.807, 2.05) is 19.1 Å². The van der Waals surface area contributed by atoms with Crippen LogP contribution in [0.5, 0.6) is 0 Å². The van der Waals surface area contributed by atoms with Gasteiger partial charge in [0.05, 0.1) is 12.0 Å². The number of nitrogens with one attached hydrogen (secondary N) is 2. The molecule has 0 amide bonds. The Morgan fingerprint density at radius 3 is 2.47 bits per heavy atom. The highest BCUT2D eigenvalue weighted by Gasteiger charge is 2.15. The molecule has 1 unspecified atom stereocenters. The monoisotopic (exact) mass is 277 g/mol. The molecule has 0 aliphatic carbocycles. The Labute approximate surface area is 119 Å². The molecular formula is C15H20ClN3. The van der Waals surface area contributed by atoms with Gasteiger partial charge >= 0.3 is 0 Å². The molecule has 0 aliphatic heterocycles. The third-order valence-corrected chi connectivity index (χ3v) is 3.57. The average molecular weight is 278 g/mol. The van der Waals surface area contributed by atoms with Crippen LogP contribution < -0.4 is 5.32 Å². The predicted molar refractivity (Wildman–Crippen MR) is 79.2 cm³/mol. The van der Waals surface area contributed by atoms with Gasteiger partial charge in [0, 0.05) is 23.3 Å². The Morgan fingerprint density at radius 2 is 1.95 bits per heavy atom. The molecule has 102 valence electrons. The van der Waals surface area contributed by atoms with Crippen LogP contribution in [0.4, 0.5) is 0 Å². The van der Waals surface area contributed by atoms with Gasteiger partial charge < -0.3 is 10.3 Å². The molecule has 1 atom stereocenters. The summed E-state index contributed by atoms with van der Waals surface area (Å²) in [5.41, 5.74) is 3.44. The number of benzene rings is 1. The van der Waals surface area contributed by atoms with E-state index in [9.17, 15) is 0 Å². The van der Waals surface area contributed by atoms with Gasteiger partial charge in [-0.15, -0.1) is 0 Å². The summed E-state index contributed by atoms with van der Waals surface area (Å²) >= 11 is 5.94. The van der Waals surface area contributed by atoms with Crippen molar-refractivity contribution in [3.05, 3.63) is 52.6 Å². The third kappa shape index (κ3) is 3.58. The molecule has 3 nitrogen and oxygen atoms in total. The van der Waals surface area contributed by atoms with Crippen LogP contribution in [0.2, 0.25) is 5.02 Å². The minimum Gasteiger partial charge on any atom is -0.348 e. The highest BCUT2D eigenvalue weighted by atomic mass is 35.5. The van der Waals surface area contributed by atoms with Crippen molar-refractivity contribution >= 4 is 11.6 Å². The summed E-state index contributed by atoms with van der Waals surface area (Å²) in [5.74, 6) is 0.500. The SMILES string of the molecule is Cc1[nH]cnc1CNC(c1ccc(Cl)cc1)C(C)C. The molecule has 0 spiro atoms. The first kappa shape index (κ1) is 14.1. The summed E-state index contributed by atoms with van der Waals surface area (Å²) < 4.78 is 0. The minimum absolute atomic E-state index is 0.299. The molecule has 0 aliphatic rings. The molecule has 2 N–H and O–H groups in total. The van der Waals surface area contributed by atoms with Crippen LogP contribution in [-0.4, -0.2) is 9.97 Å². The van der Waals surface area contributed by atoms with Gasteiger partial charge in [0.25, 0.3) is 0 Å². The van der Waals surface area contributed by atoms with Gasteiger partial charge in [-0.05, 0) is 30.5 Å². The molecule has 0 radical (unpaired) electrons. The first-order valence-electron chi connectivity index (χ1n) is 6.55. The maximum absolute atomic E-state index is 5.94. The Kier molecular flexibility index (Phi) is 4.61. The molecule has 1 aromatic heterocycles. The second-order valence-electron chi connectivity index (χ2n) is 5.13. The van der Waals surface area contributed by atoms with E-state index >= 15 is 0 Å². The van der Waals surface area contributed by atoms with E-state index in [0.29, 0.717) is 12.0 Å². The van der Waals surface area contributed by atoms with Crippen molar-refractivity contribution in [2.75, 3.05) is 0 Å². The number of nitrogens with zero attached hydrogens (tertiary/aromatic N) is 1. The van der Waals surface area contributed by atoms with Crippen LogP contribution in [0, 0.1) is 12.8 Å². The number of aromatic amines is 1. The number of halogens is 1. The van der Waals surface area contributed by atoms with E-state index in [1.54, 1.807) is 6.33 Å². The van der Waals surface area contributed by atoms with Crippen LogP contribution in [0.15, 0.2) is 30.6 Å². The Morgan fingerprint density at radius 1 is 1.26 bits per heavy atom. The average Bonchev–Trinajstić information content (AvgIpc) is 2.77. The van der Waals surface area contributed by atoms with Crippen molar-refractivity contribution in [3.8, 4) is 0 Å². The fourth-order valence-corrected chi connectivity index (χ4v) is 2.31. The van der Waals surface area contributed by atoms with E-state index in [0.717, 1.165) is 23.0 Å². The second kappa shape index (κ2) is 6.22. The number of hydrogen-bond acceptors (Lipinski definition) is 2. The number of imidazole rings is 1. The van der Waals surface area contributed by atoms with E-state index in [2.05, 4.69) is 41.3 Å². The molecule has 19 heavy (non-hydrogen) atoms. The van der Waals surface area contributed by atoms with E-state index < -0.39 is 0 Å². The van der Waals surface area contributed by atoms with Crippen LogP contribution in [0.1, 0.15) is 36.8 Å². The molecule has 2 aromatic rings. The van der Waals surface area contributed by atoms with Crippen LogP contribution in [0.3, 0.4) is 0 Å². The molecule has 0 saturated carbocycles. The normalized spacial score (nSPS) is 12.9. The van der Waals surface area contributed by atoms with Crippen LogP contribution >= 0.6 is 11.6 Å². The van der Waals surface area contributed by atoms with Crippen LogP contribution in [0.25, 0.3) is 0 Å². The summed E-state index contributed by atoms with van der Waals surface area (Å²) in [6, 6.07) is 8.34. The summed E-state index contributed by atoms with van der Waals surface area (Å²) in [6.07, 6.45) is 1.74. The Balaban J connectivity index is 2.08. The number of aromatic nitrogens is 2. The van der Waals surface area contributed by atoms with Crippen molar-refractivity contribution in [2.45, 2.75) is 33.4 Å². The lowest BCUT2D eigenvalue weighted by atomic mass is 9.96. The molecule has 2 rings (SSSR count). The van der Waals surface area contributed by atoms with Crippen molar-refractivity contribution in [1.29, 1.82) is 0 Å². The maximum atomic E-state index is 5.94. The Hall–Kier alpha value is -1.32. The number of rotatable bonds is 5. The third-order valence-electron chi connectivity index (χ3n) is 3.32. The fraction of sp³-hybridized carbons (Fsp3) is 0.400. The highest BCUT2D eigenvalue weighted by molar-refractivity contribution is 6.30. The molecule has 0 bridgehead atoms. The standard InChI is InChI=1S/C15H20ClN3/c1-10(2)15(12-4-6-13(16)7-5-12)17-8-14-11(3)18-9-19-14/h4-7,9-10,15,17H,8H2,1-3H3,(H,18,19). The number of H-pyrrole nitrogens is 1. The lowest BCUT2D eigenvalue weighted by molar-refractivity contribution is 0.408. The number of aryl methyl sites for hydroxylation is 1. The lowest BCUT2D eigenvalue weighted by Crippen LogP contribution is -2.25. The largest absolute Gasteiger partial charge is 0.348 e. The minimum atomic E-state index is 0.299. The van der Waals surface area contributed by atoms with Crippen molar-refractivity contribution in [2.24, 2.45) is 5.92 Å². The smallest absolute Gasteiger partial charge is 0.0925 e. The highest BCUT2D eigenvalue weighted by Crippen LogP contribution is 2.23. The van der Waals surface area contributed by atoms with Gasteiger partial charge in [-0.3, -0.25) is 0 Å². The second-order valence-corrected chi connectivity index (χ2v) is 5.56. The van der Waals surface area contributed by atoms with Crippen molar-refractivity contribution in [1.82, 2.24) is 15.3 Å². The van der Waals surface area contributed by atoms with Crippen molar-refractivity contribution < 1.29 is 0 Å². The molecular weight excluding hydrogens is 258 g/mol. The molecule has 4 heteroatoms. The fourth-order valence-electron chi connectivity index (χ4n) is 2.18. The quantitative estimate of drug-likeness (QED) is 0.871. The zero-order chi connectivity index (χ0) is 13.8. The zero-order valence-corrected chi connectivity index (χ0v) is 12.3. The van der Waals surface area contributed by atoms with E-state index in [-0.39, 0.29) is 0 Å². The molecule has 1 aromatic carbocycles. The zero-order valence-electron chi connectivity index (χ0n) is 11.6. The van der Waals surface area contributed by atoms with Gasteiger partial charge in [-0.2, -0.15) is 0 Å². The van der Waals surface area contributed by atoms with E-state index in [4.69, 9.17) is 11.6 Å². The van der Waals surface area contributed by atoms with Crippen LogP contribution in [-0.2, 0) is 6.54 Å². The maximum Gasteiger partial charge on any atom is 0.0925 e. The first-order valence-corrected chi connectivity index (χ1v) is 6.93. The van der Waals surface area contributed by atoms with Gasteiger partial charge in [0.2, 0.25) is 0 Å². The van der Waals surface area contributed by atoms with Gasteiger partial charge in [0.15, 0.2) is 0 Å². The molecule has 0 fully saturated rings. The molecule has 1 heterocycles. The summed E-state index contributed by atoms with van der Waals surface area (Å²) in [6.45, 7) is 7.23. The summed E-state index contributed by atoms with van der Waals surface area (Å²) in [4.78, 5) is 7.42. The summed E-state index contributed by atoms with van der Waals surface area (Å²) in [7, 11) is 0. The van der Waals surface area contributed by atoms with Gasteiger partial charge in [-0.25, -0.2) is 4.98 Å². The lowest BCUT2D eigenvalue weighted by Gasteiger charge is -2.23. The first-order chi connectivity index (χ1) is 9.08. The topological polar surface area (TPSA) is 40.7 Å². The molecule has 0 saturated heterocycles. The van der Waals surface area contributed by atoms with Gasteiger partial charge in [-0.1, -0.05) is 37.6 Å². The van der Waals surface area contributed by atoms with Crippen molar-refractivity contribution in [3.63, 3.8) is 0 Å². The van der Waals surface area contributed by atoms with E-state index in [1.165, 1.54) is 5.56 Å².